The highest BCUT2D eigenvalue weighted by Crippen LogP contribution is 2.09. The molecule has 7 heteroatoms. The molecular formula is C12H22N2O4S. The molecule has 0 aromatic rings. The maximum absolute atomic E-state index is 12.0. The molecule has 1 aliphatic rings. The SMILES string of the molecule is CCCC1NC(=O)CN(CCCS(=O)(=O)CC)C1=O. The number of sulfone groups is 1. The molecule has 110 valence electrons. The van der Waals surface area contributed by atoms with E-state index in [4.69, 9.17) is 0 Å². The second-order valence-electron chi connectivity index (χ2n) is 4.76. The Kier molecular flexibility index (Phi) is 5.78. The van der Waals surface area contributed by atoms with Gasteiger partial charge in [-0.15, -0.1) is 0 Å². The molecule has 0 aromatic carbocycles. The molecule has 1 rings (SSSR count). The molecule has 2 amide bonds. The molecule has 1 aliphatic heterocycles. The summed E-state index contributed by atoms with van der Waals surface area (Å²) in [4.78, 5) is 25.0. The Morgan fingerprint density at radius 1 is 1.32 bits per heavy atom. The van der Waals surface area contributed by atoms with Gasteiger partial charge in [-0.05, 0) is 12.8 Å². The zero-order valence-corrected chi connectivity index (χ0v) is 12.3. The highest BCUT2D eigenvalue weighted by Gasteiger charge is 2.31. The van der Waals surface area contributed by atoms with Gasteiger partial charge in [0.2, 0.25) is 11.8 Å². The van der Waals surface area contributed by atoms with Gasteiger partial charge in [-0.25, -0.2) is 8.42 Å². The number of amides is 2. The van der Waals surface area contributed by atoms with Gasteiger partial charge >= 0.3 is 0 Å². The summed E-state index contributed by atoms with van der Waals surface area (Å²) in [6.45, 7) is 3.91. The fourth-order valence-electron chi connectivity index (χ4n) is 2.07. The highest BCUT2D eigenvalue weighted by molar-refractivity contribution is 7.91. The molecule has 6 nitrogen and oxygen atoms in total. The van der Waals surface area contributed by atoms with Crippen LogP contribution in [0, 0.1) is 0 Å². The minimum atomic E-state index is -3.01. The monoisotopic (exact) mass is 290 g/mol. The number of carbonyl (C=O) groups excluding carboxylic acids is 2. The molecule has 1 saturated heterocycles. The van der Waals surface area contributed by atoms with Crippen LogP contribution in [-0.4, -0.2) is 55.8 Å². The highest BCUT2D eigenvalue weighted by atomic mass is 32.2. The van der Waals surface area contributed by atoms with Gasteiger partial charge in [0.25, 0.3) is 0 Å². The van der Waals surface area contributed by atoms with Crippen molar-refractivity contribution in [1.29, 1.82) is 0 Å². The second-order valence-corrected chi connectivity index (χ2v) is 7.23. The molecule has 0 spiro atoms. The fraction of sp³-hybridized carbons (Fsp3) is 0.833. The predicted molar refractivity (Wildman–Crippen MR) is 72.4 cm³/mol. The van der Waals surface area contributed by atoms with E-state index in [1.54, 1.807) is 6.92 Å². The molecule has 0 aliphatic carbocycles. The number of hydrogen-bond acceptors (Lipinski definition) is 4. The average molecular weight is 290 g/mol. The van der Waals surface area contributed by atoms with Crippen LogP contribution in [0.3, 0.4) is 0 Å². The van der Waals surface area contributed by atoms with Gasteiger partial charge in [0.1, 0.15) is 15.9 Å². The van der Waals surface area contributed by atoms with Crippen LogP contribution in [0.4, 0.5) is 0 Å². The van der Waals surface area contributed by atoms with Crippen LogP contribution in [0.1, 0.15) is 33.1 Å². The smallest absolute Gasteiger partial charge is 0.245 e. The molecule has 0 bridgehead atoms. The summed E-state index contributed by atoms with van der Waals surface area (Å²) >= 11 is 0. The van der Waals surface area contributed by atoms with E-state index in [-0.39, 0.29) is 29.9 Å². The molecule has 0 aromatic heterocycles. The van der Waals surface area contributed by atoms with Crippen molar-refractivity contribution in [2.24, 2.45) is 0 Å². The predicted octanol–water partition coefficient (Wildman–Crippen LogP) is -0.0617. The largest absolute Gasteiger partial charge is 0.343 e. The molecule has 1 atom stereocenters. The lowest BCUT2D eigenvalue weighted by molar-refractivity contribution is -0.144. The first-order valence-electron chi connectivity index (χ1n) is 6.68. The normalized spacial score (nSPS) is 20.5. The van der Waals surface area contributed by atoms with Crippen molar-refractivity contribution >= 4 is 21.7 Å². The van der Waals surface area contributed by atoms with Crippen molar-refractivity contribution in [3.05, 3.63) is 0 Å². The van der Waals surface area contributed by atoms with Gasteiger partial charge in [-0.3, -0.25) is 9.59 Å². The van der Waals surface area contributed by atoms with Crippen molar-refractivity contribution < 1.29 is 18.0 Å². The molecule has 1 fully saturated rings. The van der Waals surface area contributed by atoms with Gasteiger partial charge in [0.05, 0.1) is 12.3 Å². The lowest BCUT2D eigenvalue weighted by Crippen LogP contribution is -2.58. The Hall–Kier alpha value is -1.11. The van der Waals surface area contributed by atoms with Gasteiger partial charge in [-0.2, -0.15) is 0 Å². The lowest BCUT2D eigenvalue weighted by Gasteiger charge is -2.32. The Balaban J connectivity index is 2.52. The quantitative estimate of drug-likeness (QED) is 0.712. The Morgan fingerprint density at radius 3 is 2.58 bits per heavy atom. The summed E-state index contributed by atoms with van der Waals surface area (Å²) in [5.41, 5.74) is 0. The summed E-state index contributed by atoms with van der Waals surface area (Å²) in [7, 11) is -3.01. The van der Waals surface area contributed by atoms with Crippen LogP contribution in [0.15, 0.2) is 0 Å². The summed E-state index contributed by atoms with van der Waals surface area (Å²) in [5.74, 6) is -0.0977. The van der Waals surface area contributed by atoms with E-state index in [1.165, 1.54) is 4.90 Å². The first-order chi connectivity index (χ1) is 8.89. The van der Waals surface area contributed by atoms with E-state index >= 15 is 0 Å². The van der Waals surface area contributed by atoms with Crippen LogP contribution in [0.25, 0.3) is 0 Å². The third kappa shape index (κ3) is 4.81. The molecule has 1 heterocycles. The van der Waals surface area contributed by atoms with Gasteiger partial charge < -0.3 is 10.2 Å². The number of carbonyl (C=O) groups is 2. The number of nitrogens with zero attached hydrogens (tertiary/aromatic N) is 1. The van der Waals surface area contributed by atoms with Crippen LogP contribution < -0.4 is 5.32 Å². The molecule has 19 heavy (non-hydrogen) atoms. The first-order valence-corrected chi connectivity index (χ1v) is 8.50. The zero-order valence-electron chi connectivity index (χ0n) is 11.5. The van der Waals surface area contributed by atoms with Gasteiger partial charge in [0, 0.05) is 12.3 Å². The van der Waals surface area contributed by atoms with E-state index in [2.05, 4.69) is 5.32 Å². The Morgan fingerprint density at radius 2 is 2.00 bits per heavy atom. The van der Waals surface area contributed by atoms with E-state index in [1.807, 2.05) is 6.92 Å². The second kappa shape index (κ2) is 6.88. The number of nitrogens with one attached hydrogen (secondary N) is 1. The molecule has 1 unspecified atom stereocenters. The van der Waals surface area contributed by atoms with Crippen LogP contribution >= 0.6 is 0 Å². The van der Waals surface area contributed by atoms with Crippen LogP contribution in [0.5, 0.6) is 0 Å². The Bertz CT molecular complexity index is 433. The van der Waals surface area contributed by atoms with Crippen LogP contribution in [0.2, 0.25) is 0 Å². The first kappa shape index (κ1) is 15.9. The van der Waals surface area contributed by atoms with Crippen molar-refractivity contribution in [1.82, 2.24) is 10.2 Å². The average Bonchev–Trinajstić information content (AvgIpc) is 2.35. The lowest BCUT2D eigenvalue weighted by atomic mass is 10.1. The van der Waals surface area contributed by atoms with Crippen molar-refractivity contribution in [2.75, 3.05) is 24.6 Å². The Labute approximate surface area is 114 Å². The van der Waals surface area contributed by atoms with Gasteiger partial charge in [-0.1, -0.05) is 20.3 Å². The minimum Gasteiger partial charge on any atom is -0.343 e. The van der Waals surface area contributed by atoms with E-state index < -0.39 is 15.9 Å². The van der Waals surface area contributed by atoms with E-state index in [0.29, 0.717) is 19.4 Å². The topological polar surface area (TPSA) is 83.6 Å². The molecule has 0 radical (unpaired) electrons. The van der Waals surface area contributed by atoms with Crippen molar-refractivity contribution in [3.63, 3.8) is 0 Å². The van der Waals surface area contributed by atoms with E-state index in [0.717, 1.165) is 6.42 Å². The standard InChI is InChI=1S/C12H22N2O4S/c1-3-6-10-12(16)14(9-11(15)13-10)7-5-8-19(17,18)4-2/h10H,3-9H2,1-2H3,(H,13,15). The molecule has 1 N–H and O–H groups in total. The van der Waals surface area contributed by atoms with Crippen molar-refractivity contribution in [2.45, 2.75) is 39.2 Å². The molecule has 0 saturated carbocycles. The summed E-state index contributed by atoms with van der Waals surface area (Å²) in [6, 6.07) is -0.450. The maximum Gasteiger partial charge on any atom is 0.245 e. The number of piperazine rings is 1. The summed E-state index contributed by atoms with van der Waals surface area (Å²) in [5, 5.41) is 2.67. The van der Waals surface area contributed by atoms with Crippen molar-refractivity contribution in [3.8, 4) is 0 Å². The number of rotatable bonds is 7. The summed E-state index contributed by atoms with van der Waals surface area (Å²) < 4.78 is 22.7. The summed E-state index contributed by atoms with van der Waals surface area (Å²) in [6.07, 6.45) is 1.82. The maximum atomic E-state index is 12.0. The minimum absolute atomic E-state index is 0.0330. The van der Waals surface area contributed by atoms with Crippen LogP contribution in [-0.2, 0) is 19.4 Å². The van der Waals surface area contributed by atoms with Gasteiger partial charge in [0.15, 0.2) is 0 Å². The zero-order chi connectivity index (χ0) is 14.5. The third-order valence-electron chi connectivity index (χ3n) is 3.18. The number of hydrogen-bond donors (Lipinski definition) is 1. The molecular weight excluding hydrogens is 268 g/mol. The fourth-order valence-corrected chi connectivity index (χ4v) is 2.92. The van der Waals surface area contributed by atoms with E-state index in [9.17, 15) is 18.0 Å². The third-order valence-corrected chi connectivity index (χ3v) is 4.97.